The van der Waals surface area contributed by atoms with Crippen molar-refractivity contribution in [1.29, 1.82) is 0 Å². The van der Waals surface area contributed by atoms with Crippen LogP contribution >= 0.6 is 11.3 Å². The van der Waals surface area contributed by atoms with Crippen molar-refractivity contribution >= 4 is 21.4 Å². The Morgan fingerprint density at radius 1 is 1.32 bits per heavy atom. The van der Waals surface area contributed by atoms with Crippen LogP contribution in [0.4, 0.5) is 5.13 Å². The number of anilines is 1. The highest BCUT2D eigenvalue weighted by Gasteiger charge is 2.22. The topological polar surface area (TPSA) is 79.5 Å². The summed E-state index contributed by atoms with van der Waals surface area (Å²) in [6.07, 6.45) is 2.00. The highest BCUT2D eigenvalue weighted by atomic mass is 32.1. The second-order valence-electron chi connectivity index (χ2n) is 5.20. The van der Waals surface area contributed by atoms with E-state index >= 15 is 0 Å². The summed E-state index contributed by atoms with van der Waals surface area (Å²) in [6.45, 7) is 2.32. The van der Waals surface area contributed by atoms with E-state index in [9.17, 15) is 9.90 Å². The van der Waals surface area contributed by atoms with Crippen LogP contribution < -0.4 is 10.9 Å². The number of rotatable bonds is 5. The maximum atomic E-state index is 11.6. The SMILES string of the molecule is CC(O)(CCNc1nn2c(=O)ccnc2s1)c1ccccc1. The van der Waals surface area contributed by atoms with Gasteiger partial charge in [-0.1, -0.05) is 41.7 Å². The molecule has 1 atom stereocenters. The zero-order valence-electron chi connectivity index (χ0n) is 12.1. The first-order valence-electron chi connectivity index (χ1n) is 6.93. The molecule has 0 radical (unpaired) electrons. The molecule has 3 aromatic rings. The van der Waals surface area contributed by atoms with E-state index in [2.05, 4.69) is 15.4 Å². The number of hydrogen-bond donors (Lipinski definition) is 2. The lowest BCUT2D eigenvalue weighted by molar-refractivity contribution is 0.0515. The second-order valence-corrected chi connectivity index (χ2v) is 6.16. The predicted molar refractivity (Wildman–Crippen MR) is 86.3 cm³/mol. The van der Waals surface area contributed by atoms with Gasteiger partial charge in [0.05, 0.1) is 5.60 Å². The minimum Gasteiger partial charge on any atom is -0.385 e. The van der Waals surface area contributed by atoms with E-state index in [1.807, 2.05) is 30.3 Å². The van der Waals surface area contributed by atoms with Gasteiger partial charge in [0.15, 0.2) is 0 Å². The van der Waals surface area contributed by atoms with Crippen LogP contribution in [0.2, 0.25) is 0 Å². The van der Waals surface area contributed by atoms with Gasteiger partial charge in [0.1, 0.15) is 0 Å². The van der Waals surface area contributed by atoms with E-state index in [1.54, 1.807) is 6.92 Å². The normalized spacial score (nSPS) is 13.9. The number of aromatic nitrogens is 3. The second kappa shape index (κ2) is 5.86. The first-order chi connectivity index (χ1) is 10.6. The highest BCUT2D eigenvalue weighted by Crippen LogP contribution is 2.24. The summed E-state index contributed by atoms with van der Waals surface area (Å²) in [4.78, 5) is 16.3. The predicted octanol–water partition coefficient (Wildman–Crippen LogP) is 1.86. The molecule has 1 unspecified atom stereocenters. The molecule has 2 heterocycles. The third-order valence-corrected chi connectivity index (χ3v) is 4.33. The smallest absolute Gasteiger partial charge is 0.275 e. The average molecular weight is 316 g/mol. The zero-order valence-corrected chi connectivity index (χ0v) is 12.9. The zero-order chi connectivity index (χ0) is 15.6. The molecule has 0 spiro atoms. The van der Waals surface area contributed by atoms with Gasteiger partial charge in [0.2, 0.25) is 10.1 Å². The van der Waals surface area contributed by atoms with Gasteiger partial charge in [-0.05, 0) is 18.9 Å². The summed E-state index contributed by atoms with van der Waals surface area (Å²) in [5.74, 6) is 0. The van der Waals surface area contributed by atoms with Crippen molar-refractivity contribution in [1.82, 2.24) is 14.6 Å². The Balaban J connectivity index is 1.67. The van der Waals surface area contributed by atoms with Crippen molar-refractivity contribution < 1.29 is 5.11 Å². The molecule has 0 amide bonds. The molecular formula is C15H16N4O2S. The van der Waals surface area contributed by atoms with Crippen molar-refractivity contribution in [3.05, 3.63) is 58.5 Å². The first kappa shape index (κ1) is 14.7. The molecule has 2 N–H and O–H groups in total. The molecule has 0 fully saturated rings. The van der Waals surface area contributed by atoms with Gasteiger partial charge in [-0.15, -0.1) is 5.10 Å². The van der Waals surface area contributed by atoms with Crippen molar-refractivity contribution in [3.8, 4) is 0 Å². The van der Waals surface area contributed by atoms with Crippen molar-refractivity contribution in [2.24, 2.45) is 0 Å². The van der Waals surface area contributed by atoms with E-state index < -0.39 is 5.60 Å². The van der Waals surface area contributed by atoms with Crippen molar-refractivity contribution in [2.75, 3.05) is 11.9 Å². The van der Waals surface area contributed by atoms with E-state index in [1.165, 1.54) is 28.1 Å². The number of benzene rings is 1. The fourth-order valence-electron chi connectivity index (χ4n) is 2.17. The molecule has 0 aliphatic heterocycles. The lowest BCUT2D eigenvalue weighted by atomic mass is 9.93. The van der Waals surface area contributed by atoms with Crippen LogP contribution in [-0.4, -0.2) is 26.2 Å². The number of hydrogen-bond acceptors (Lipinski definition) is 6. The Bertz CT molecular complexity index is 826. The van der Waals surface area contributed by atoms with Gasteiger partial charge >= 0.3 is 0 Å². The van der Waals surface area contributed by atoms with Crippen LogP contribution in [0.1, 0.15) is 18.9 Å². The van der Waals surface area contributed by atoms with Gasteiger partial charge in [-0.25, -0.2) is 4.98 Å². The molecule has 0 aliphatic carbocycles. The third-order valence-electron chi connectivity index (χ3n) is 3.45. The molecule has 114 valence electrons. The summed E-state index contributed by atoms with van der Waals surface area (Å²) in [7, 11) is 0. The molecule has 1 aromatic carbocycles. The van der Waals surface area contributed by atoms with E-state index in [-0.39, 0.29) is 5.56 Å². The maximum absolute atomic E-state index is 11.6. The van der Waals surface area contributed by atoms with Crippen molar-refractivity contribution in [3.63, 3.8) is 0 Å². The van der Waals surface area contributed by atoms with Gasteiger partial charge in [0, 0.05) is 18.8 Å². The Morgan fingerprint density at radius 2 is 2.09 bits per heavy atom. The summed E-state index contributed by atoms with van der Waals surface area (Å²) in [6, 6.07) is 10.9. The molecule has 0 aliphatic rings. The number of nitrogens with zero attached hydrogens (tertiary/aromatic N) is 3. The standard InChI is InChI=1S/C15H16N4O2S/c1-15(21,11-5-3-2-4-6-11)8-10-16-13-18-19-12(20)7-9-17-14(19)22-13/h2-7,9,21H,8,10H2,1H3,(H,16,18). The monoisotopic (exact) mass is 316 g/mol. The van der Waals surface area contributed by atoms with Crippen LogP contribution in [0.3, 0.4) is 0 Å². The van der Waals surface area contributed by atoms with E-state index in [4.69, 9.17) is 0 Å². The Labute approximate surface area is 131 Å². The van der Waals surface area contributed by atoms with E-state index in [0.29, 0.717) is 23.1 Å². The molecule has 22 heavy (non-hydrogen) atoms. The molecule has 0 saturated heterocycles. The van der Waals surface area contributed by atoms with Crippen LogP contribution in [0, 0.1) is 0 Å². The summed E-state index contributed by atoms with van der Waals surface area (Å²) in [5, 5.41) is 18.4. The fourth-order valence-corrected chi connectivity index (χ4v) is 2.97. The van der Waals surface area contributed by atoms with Gasteiger partial charge in [0.25, 0.3) is 5.56 Å². The summed E-state index contributed by atoms with van der Waals surface area (Å²) in [5.41, 5.74) is -0.246. The third kappa shape index (κ3) is 3.00. The van der Waals surface area contributed by atoms with Gasteiger partial charge < -0.3 is 10.4 Å². The van der Waals surface area contributed by atoms with Crippen molar-refractivity contribution in [2.45, 2.75) is 18.9 Å². The lowest BCUT2D eigenvalue weighted by Crippen LogP contribution is -2.24. The van der Waals surface area contributed by atoms with Crippen LogP contribution in [-0.2, 0) is 5.60 Å². The molecule has 3 rings (SSSR count). The number of aliphatic hydroxyl groups is 1. The highest BCUT2D eigenvalue weighted by molar-refractivity contribution is 7.20. The van der Waals surface area contributed by atoms with Gasteiger partial charge in [-0.3, -0.25) is 4.79 Å². The van der Waals surface area contributed by atoms with Crippen LogP contribution in [0.5, 0.6) is 0 Å². The van der Waals surface area contributed by atoms with Crippen LogP contribution in [0.15, 0.2) is 47.4 Å². The quantitative estimate of drug-likeness (QED) is 0.751. The molecule has 7 heteroatoms. The number of nitrogens with one attached hydrogen (secondary N) is 1. The minimum atomic E-state index is -0.917. The number of fused-ring (bicyclic) bond motifs is 1. The Morgan fingerprint density at radius 3 is 2.82 bits per heavy atom. The largest absolute Gasteiger partial charge is 0.385 e. The molecule has 0 saturated carbocycles. The lowest BCUT2D eigenvalue weighted by Gasteiger charge is -2.23. The first-order valence-corrected chi connectivity index (χ1v) is 7.74. The Hall–Kier alpha value is -2.25. The molecule has 6 nitrogen and oxygen atoms in total. The fraction of sp³-hybridized carbons (Fsp3) is 0.267. The summed E-state index contributed by atoms with van der Waals surface area (Å²) >= 11 is 1.31. The van der Waals surface area contributed by atoms with E-state index in [0.717, 1.165) is 5.56 Å². The maximum Gasteiger partial charge on any atom is 0.275 e. The molecule has 0 bridgehead atoms. The average Bonchev–Trinajstić information content (AvgIpc) is 2.92. The minimum absolute atomic E-state index is 0.203. The van der Waals surface area contributed by atoms with Gasteiger partial charge in [-0.2, -0.15) is 4.52 Å². The molecule has 2 aromatic heterocycles. The molecular weight excluding hydrogens is 300 g/mol. The summed E-state index contributed by atoms with van der Waals surface area (Å²) < 4.78 is 1.27. The Kier molecular flexibility index (Phi) is 3.91. The van der Waals surface area contributed by atoms with Crippen LogP contribution in [0.25, 0.3) is 4.96 Å².